The fourth-order valence-electron chi connectivity index (χ4n) is 3.54. The Bertz CT molecular complexity index is 1470. The Balaban J connectivity index is 1.95. The van der Waals surface area contributed by atoms with Gasteiger partial charge in [-0.2, -0.15) is 0 Å². The van der Waals surface area contributed by atoms with Crippen molar-refractivity contribution in [2.75, 3.05) is 13.7 Å². The molecule has 1 atom stereocenters. The lowest BCUT2D eigenvalue weighted by atomic mass is 10.0. The molecule has 1 unspecified atom stereocenters. The Morgan fingerprint density at radius 2 is 1.60 bits per heavy atom. The van der Waals surface area contributed by atoms with Crippen LogP contribution in [0.15, 0.2) is 70.4 Å². The summed E-state index contributed by atoms with van der Waals surface area (Å²) in [7, 11) is 1.41. The minimum absolute atomic E-state index is 0.0232. The van der Waals surface area contributed by atoms with Crippen LogP contribution in [0.3, 0.4) is 0 Å². The monoisotopic (exact) mass is 652 g/mol. The van der Waals surface area contributed by atoms with Gasteiger partial charge in [0, 0.05) is 42.2 Å². The molecule has 0 saturated heterocycles. The topological polar surface area (TPSA) is 130 Å². The van der Waals surface area contributed by atoms with E-state index >= 15 is 0 Å². The van der Waals surface area contributed by atoms with Crippen LogP contribution in [0.5, 0.6) is 17.2 Å². The lowest BCUT2D eigenvalue weighted by Crippen LogP contribution is -2.25. The molecule has 0 radical (unpaired) electrons. The smallest absolute Gasteiger partial charge is 0.345 e. The van der Waals surface area contributed by atoms with Gasteiger partial charge in [0.2, 0.25) is 0 Å². The SMILES string of the molecule is COCC(=O)C(Cc1ccc(OC(=O)C(C)C)cc1)N=Cc1cc(Br)cc(OC(=O)c2cccnc2)c1OC(=O)C(C)C. The van der Waals surface area contributed by atoms with E-state index in [2.05, 4.69) is 25.9 Å². The zero-order valence-corrected chi connectivity index (χ0v) is 26.1. The molecule has 0 saturated carbocycles. The predicted molar refractivity (Wildman–Crippen MR) is 163 cm³/mol. The molecule has 1 aromatic heterocycles. The Kier molecular flexibility index (Phi) is 12.3. The van der Waals surface area contributed by atoms with E-state index in [1.165, 1.54) is 31.8 Å². The number of halogens is 1. The van der Waals surface area contributed by atoms with E-state index < -0.39 is 23.9 Å². The summed E-state index contributed by atoms with van der Waals surface area (Å²) in [5.74, 6) is -2.30. The summed E-state index contributed by atoms with van der Waals surface area (Å²) in [4.78, 5) is 58.8. The van der Waals surface area contributed by atoms with E-state index in [0.717, 1.165) is 5.56 Å². The summed E-state index contributed by atoms with van der Waals surface area (Å²) in [5, 5.41) is 0. The summed E-state index contributed by atoms with van der Waals surface area (Å²) < 4.78 is 22.2. The van der Waals surface area contributed by atoms with Crippen molar-refractivity contribution in [1.82, 2.24) is 4.98 Å². The second-order valence-corrected chi connectivity index (χ2v) is 11.1. The highest BCUT2D eigenvalue weighted by atomic mass is 79.9. The molecule has 0 spiro atoms. The first kappa shape index (κ1) is 33.3. The highest BCUT2D eigenvalue weighted by Crippen LogP contribution is 2.35. The average Bonchev–Trinajstić information content (AvgIpc) is 2.97. The summed E-state index contributed by atoms with van der Waals surface area (Å²) >= 11 is 3.41. The van der Waals surface area contributed by atoms with Crippen LogP contribution in [0.25, 0.3) is 0 Å². The zero-order valence-electron chi connectivity index (χ0n) is 24.5. The molecule has 11 heteroatoms. The number of rotatable bonds is 13. The molecule has 3 aromatic rings. The molecule has 0 amide bonds. The fourth-order valence-corrected chi connectivity index (χ4v) is 3.99. The summed E-state index contributed by atoms with van der Waals surface area (Å²) in [6.45, 7) is 6.66. The first-order chi connectivity index (χ1) is 20.5. The number of esters is 3. The zero-order chi connectivity index (χ0) is 31.5. The summed E-state index contributed by atoms with van der Waals surface area (Å²) in [6, 6.07) is 12.2. The number of carbonyl (C=O) groups is 4. The second-order valence-electron chi connectivity index (χ2n) is 10.1. The second kappa shape index (κ2) is 15.9. The van der Waals surface area contributed by atoms with E-state index in [-0.39, 0.29) is 47.8 Å². The van der Waals surface area contributed by atoms with Crippen LogP contribution in [0.4, 0.5) is 0 Å². The fraction of sp³-hybridized carbons (Fsp3) is 0.312. The number of aliphatic imine (C=N–C) groups is 1. The molecule has 0 aliphatic heterocycles. The first-order valence-electron chi connectivity index (χ1n) is 13.5. The molecule has 1 heterocycles. The van der Waals surface area contributed by atoms with Crippen molar-refractivity contribution < 1.29 is 38.1 Å². The maximum Gasteiger partial charge on any atom is 0.345 e. The normalized spacial score (nSPS) is 11.9. The predicted octanol–water partition coefficient (Wildman–Crippen LogP) is 5.43. The average molecular weight is 654 g/mol. The lowest BCUT2D eigenvalue weighted by molar-refractivity contribution is -0.138. The Morgan fingerprint density at radius 3 is 2.21 bits per heavy atom. The minimum atomic E-state index is -0.863. The largest absolute Gasteiger partial charge is 0.426 e. The van der Waals surface area contributed by atoms with Crippen LogP contribution in [-0.4, -0.2) is 54.6 Å². The number of hydrogen-bond acceptors (Lipinski definition) is 10. The number of pyridine rings is 1. The Labute approximate surface area is 258 Å². The van der Waals surface area contributed by atoms with Gasteiger partial charge in [0.15, 0.2) is 17.3 Å². The maximum absolute atomic E-state index is 13.0. The van der Waals surface area contributed by atoms with Gasteiger partial charge in [-0.25, -0.2) is 4.79 Å². The van der Waals surface area contributed by atoms with E-state index in [9.17, 15) is 19.2 Å². The van der Waals surface area contributed by atoms with Gasteiger partial charge in [-0.15, -0.1) is 0 Å². The summed E-state index contributed by atoms with van der Waals surface area (Å²) in [6.07, 6.45) is 4.49. The van der Waals surface area contributed by atoms with Gasteiger partial charge in [0.1, 0.15) is 18.4 Å². The quantitative estimate of drug-likeness (QED) is 0.135. The standard InChI is InChI=1S/C32H33BrN2O8/c1-19(2)30(37)41-25-10-8-21(9-11-25)13-26(27(36)18-40-5)35-17-23-14-24(33)15-28(29(23)43-31(38)20(3)4)42-32(39)22-7-6-12-34-16-22/h6-12,14-17,19-20,26H,13,18H2,1-5H3. The number of Topliss-reactive ketones (excluding diaryl/α,β-unsaturated/α-hetero) is 1. The number of nitrogens with zero attached hydrogens (tertiary/aromatic N) is 2. The van der Waals surface area contributed by atoms with Crippen molar-refractivity contribution >= 4 is 45.8 Å². The highest BCUT2D eigenvalue weighted by Gasteiger charge is 2.23. The van der Waals surface area contributed by atoms with Crippen LogP contribution in [0.2, 0.25) is 0 Å². The van der Waals surface area contributed by atoms with Crippen molar-refractivity contribution in [2.45, 2.75) is 40.2 Å². The molecule has 226 valence electrons. The maximum atomic E-state index is 13.0. The molecule has 2 aromatic carbocycles. The van der Waals surface area contributed by atoms with Gasteiger partial charge < -0.3 is 18.9 Å². The van der Waals surface area contributed by atoms with Crippen molar-refractivity contribution in [3.05, 3.63) is 82.1 Å². The van der Waals surface area contributed by atoms with Crippen LogP contribution in [-0.2, 0) is 25.5 Å². The number of aromatic nitrogens is 1. The number of ether oxygens (including phenoxy) is 4. The number of ketones is 1. The van der Waals surface area contributed by atoms with Gasteiger partial charge in [-0.1, -0.05) is 55.8 Å². The van der Waals surface area contributed by atoms with Gasteiger partial charge in [0.25, 0.3) is 0 Å². The van der Waals surface area contributed by atoms with E-state index in [1.807, 2.05) is 0 Å². The van der Waals surface area contributed by atoms with Gasteiger partial charge >= 0.3 is 17.9 Å². The third-order valence-corrected chi connectivity index (χ3v) is 6.37. The van der Waals surface area contributed by atoms with Crippen molar-refractivity contribution in [2.24, 2.45) is 16.8 Å². The molecule has 43 heavy (non-hydrogen) atoms. The van der Waals surface area contributed by atoms with Crippen molar-refractivity contribution in [3.8, 4) is 17.2 Å². The lowest BCUT2D eigenvalue weighted by Gasteiger charge is -2.16. The van der Waals surface area contributed by atoms with Crippen molar-refractivity contribution in [1.29, 1.82) is 0 Å². The molecule has 0 bridgehead atoms. The highest BCUT2D eigenvalue weighted by molar-refractivity contribution is 9.10. The minimum Gasteiger partial charge on any atom is -0.426 e. The molecule has 3 rings (SSSR count). The molecule has 0 N–H and O–H groups in total. The van der Waals surface area contributed by atoms with Crippen molar-refractivity contribution in [3.63, 3.8) is 0 Å². The van der Waals surface area contributed by atoms with Gasteiger partial charge in [0.05, 0.1) is 17.4 Å². The molecule has 0 fully saturated rings. The summed E-state index contributed by atoms with van der Waals surface area (Å²) in [5.41, 5.74) is 1.26. The number of methoxy groups -OCH3 is 1. The molecular weight excluding hydrogens is 620 g/mol. The molecular formula is C32H33BrN2O8. The first-order valence-corrected chi connectivity index (χ1v) is 14.3. The third-order valence-electron chi connectivity index (χ3n) is 5.92. The van der Waals surface area contributed by atoms with E-state index in [1.54, 1.807) is 70.2 Å². The van der Waals surface area contributed by atoms with Crippen LogP contribution >= 0.6 is 15.9 Å². The number of carbonyl (C=O) groups excluding carboxylic acids is 4. The van der Waals surface area contributed by atoms with E-state index in [0.29, 0.717) is 15.8 Å². The van der Waals surface area contributed by atoms with Crippen LogP contribution in [0, 0.1) is 11.8 Å². The van der Waals surface area contributed by atoms with Crippen LogP contribution < -0.4 is 14.2 Å². The number of benzene rings is 2. The Morgan fingerprint density at radius 1 is 0.930 bits per heavy atom. The molecule has 10 nitrogen and oxygen atoms in total. The number of hydrogen-bond donors (Lipinski definition) is 0. The third kappa shape index (κ3) is 9.93. The molecule has 0 aliphatic rings. The van der Waals surface area contributed by atoms with Crippen LogP contribution in [0.1, 0.15) is 49.2 Å². The van der Waals surface area contributed by atoms with Gasteiger partial charge in [-0.3, -0.25) is 24.4 Å². The molecule has 0 aliphatic carbocycles. The van der Waals surface area contributed by atoms with Gasteiger partial charge in [-0.05, 0) is 42.0 Å². The van der Waals surface area contributed by atoms with E-state index in [4.69, 9.17) is 18.9 Å². The Hall–Kier alpha value is -4.22.